The van der Waals surface area contributed by atoms with Crippen molar-refractivity contribution >= 4 is 5.91 Å². The first-order chi connectivity index (χ1) is 10.1. The van der Waals surface area contributed by atoms with Crippen LogP contribution >= 0.6 is 0 Å². The molecule has 0 radical (unpaired) electrons. The number of rotatable bonds is 3. The van der Waals surface area contributed by atoms with Crippen molar-refractivity contribution < 1.29 is 9.32 Å². The minimum absolute atomic E-state index is 0.0823. The zero-order valence-corrected chi connectivity index (χ0v) is 13.0. The van der Waals surface area contributed by atoms with Crippen LogP contribution < -0.4 is 0 Å². The minimum Gasteiger partial charge on any atom is -0.342 e. The second kappa shape index (κ2) is 6.16. The van der Waals surface area contributed by atoms with Gasteiger partial charge in [0.1, 0.15) is 0 Å². The zero-order chi connectivity index (χ0) is 14.8. The molecule has 0 bridgehead atoms. The van der Waals surface area contributed by atoms with Crippen LogP contribution in [0.2, 0.25) is 0 Å². The number of nitrogens with zero attached hydrogens (tertiary/aromatic N) is 3. The summed E-state index contributed by atoms with van der Waals surface area (Å²) in [6, 6.07) is 0. The van der Waals surface area contributed by atoms with Crippen LogP contribution in [0.5, 0.6) is 0 Å². The lowest BCUT2D eigenvalue weighted by atomic mass is 9.96. The molecule has 1 aromatic rings. The third-order valence-corrected chi connectivity index (χ3v) is 4.83. The average molecular weight is 291 g/mol. The molecule has 1 saturated heterocycles. The number of hydrogen-bond donors (Lipinski definition) is 0. The number of aromatic nitrogens is 2. The Morgan fingerprint density at radius 1 is 1.14 bits per heavy atom. The molecule has 1 amide bonds. The lowest BCUT2D eigenvalue weighted by molar-refractivity contribution is -0.135. The third-order valence-electron chi connectivity index (χ3n) is 4.83. The minimum atomic E-state index is 0.0823. The molecule has 0 spiro atoms. The number of carbonyl (C=O) groups excluding carboxylic acids is 1. The van der Waals surface area contributed by atoms with E-state index in [4.69, 9.17) is 4.52 Å². The van der Waals surface area contributed by atoms with E-state index in [1.165, 1.54) is 25.7 Å². The van der Waals surface area contributed by atoms with Gasteiger partial charge >= 0.3 is 0 Å². The Bertz CT molecular complexity index is 483. The first-order valence-corrected chi connectivity index (χ1v) is 8.27. The van der Waals surface area contributed by atoms with E-state index in [2.05, 4.69) is 10.1 Å². The summed E-state index contributed by atoms with van der Waals surface area (Å²) in [5, 5.41) is 4.19. The highest BCUT2D eigenvalue weighted by molar-refractivity contribution is 5.78. The van der Waals surface area contributed by atoms with Crippen LogP contribution in [-0.4, -0.2) is 34.0 Å². The van der Waals surface area contributed by atoms with Crippen LogP contribution in [0.25, 0.3) is 0 Å². The van der Waals surface area contributed by atoms with Gasteiger partial charge in [-0.1, -0.05) is 31.8 Å². The summed E-state index contributed by atoms with van der Waals surface area (Å²) in [5.41, 5.74) is 0. The van der Waals surface area contributed by atoms with Crippen LogP contribution in [0, 0.1) is 5.92 Å². The number of piperidine rings is 1. The van der Waals surface area contributed by atoms with Crippen molar-refractivity contribution in [1.82, 2.24) is 15.0 Å². The van der Waals surface area contributed by atoms with Crippen molar-refractivity contribution in [2.45, 2.75) is 64.2 Å². The van der Waals surface area contributed by atoms with E-state index in [-0.39, 0.29) is 11.8 Å². The number of hydrogen-bond acceptors (Lipinski definition) is 4. The lowest BCUT2D eigenvalue weighted by Gasteiger charge is -2.31. The Morgan fingerprint density at radius 2 is 1.81 bits per heavy atom. The van der Waals surface area contributed by atoms with Gasteiger partial charge in [-0.3, -0.25) is 4.79 Å². The number of carbonyl (C=O) groups is 1. The largest absolute Gasteiger partial charge is 0.342 e. The monoisotopic (exact) mass is 291 g/mol. The average Bonchev–Trinajstić information content (AvgIpc) is 3.17. The van der Waals surface area contributed by atoms with E-state index in [0.29, 0.717) is 11.8 Å². The second-order valence-electron chi connectivity index (χ2n) is 6.73. The molecule has 2 aliphatic rings. The molecule has 0 aromatic carbocycles. The highest BCUT2D eigenvalue weighted by Gasteiger charge is 2.29. The van der Waals surface area contributed by atoms with Gasteiger partial charge in [0.25, 0.3) is 0 Å². The molecule has 1 saturated carbocycles. The number of likely N-dealkylation sites (tertiary alicyclic amines) is 1. The van der Waals surface area contributed by atoms with Crippen LogP contribution in [0.15, 0.2) is 4.52 Å². The standard InChI is InChI=1S/C16H25N3O2/c1-11(2)16(20)19-9-7-13(8-10-19)15-17-14(18-21-15)12-5-3-4-6-12/h11-13H,3-10H2,1-2H3. The summed E-state index contributed by atoms with van der Waals surface area (Å²) < 4.78 is 5.50. The van der Waals surface area contributed by atoms with Gasteiger partial charge in [0.2, 0.25) is 11.8 Å². The van der Waals surface area contributed by atoms with Gasteiger partial charge in [-0.25, -0.2) is 0 Å². The molecule has 5 nitrogen and oxygen atoms in total. The van der Waals surface area contributed by atoms with Gasteiger partial charge in [0.05, 0.1) is 0 Å². The maximum atomic E-state index is 12.0. The second-order valence-corrected chi connectivity index (χ2v) is 6.73. The predicted octanol–water partition coefficient (Wildman–Crippen LogP) is 3.09. The highest BCUT2D eigenvalue weighted by Crippen LogP contribution is 2.34. The molecule has 2 heterocycles. The Hall–Kier alpha value is -1.39. The Morgan fingerprint density at radius 3 is 2.43 bits per heavy atom. The summed E-state index contributed by atoms with van der Waals surface area (Å²) in [6.07, 6.45) is 6.82. The SMILES string of the molecule is CC(C)C(=O)N1CCC(c2nc(C3CCCC3)no2)CC1. The molecule has 2 fully saturated rings. The van der Waals surface area contributed by atoms with E-state index in [1.807, 2.05) is 18.7 Å². The summed E-state index contributed by atoms with van der Waals surface area (Å²) in [4.78, 5) is 18.6. The van der Waals surface area contributed by atoms with Gasteiger partial charge in [0, 0.05) is 30.8 Å². The first-order valence-electron chi connectivity index (χ1n) is 8.27. The summed E-state index contributed by atoms with van der Waals surface area (Å²) >= 11 is 0. The Balaban J connectivity index is 1.58. The van der Waals surface area contributed by atoms with Crippen molar-refractivity contribution in [3.63, 3.8) is 0 Å². The quantitative estimate of drug-likeness (QED) is 0.858. The number of amides is 1. The molecule has 1 aromatic heterocycles. The highest BCUT2D eigenvalue weighted by atomic mass is 16.5. The fraction of sp³-hybridized carbons (Fsp3) is 0.812. The van der Waals surface area contributed by atoms with Gasteiger partial charge < -0.3 is 9.42 Å². The van der Waals surface area contributed by atoms with Gasteiger partial charge in [-0.2, -0.15) is 4.98 Å². The molecule has 116 valence electrons. The van der Waals surface area contributed by atoms with Crippen LogP contribution in [0.4, 0.5) is 0 Å². The van der Waals surface area contributed by atoms with E-state index in [1.54, 1.807) is 0 Å². The first kappa shape index (κ1) is 14.5. The summed E-state index contributed by atoms with van der Waals surface area (Å²) in [7, 11) is 0. The lowest BCUT2D eigenvalue weighted by Crippen LogP contribution is -2.40. The summed E-state index contributed by atoms with van der Waals surface area (Å²) in [5.74, 6) is 2.86. The van der Waals surface area contributed by atoms with Crippen LogP contribution in [0.3, 0.4) is 0 Å². The van der Waals surface area contributed by atoms with Crippen molar-refractivity contribution in [3.8, 4) is 0 Å². The van der Waals surface area contributed by atoms with Crippen LogP contribution in [-0.2, 0) is 4.79 Å². The molecular formula is C16H25N3O2. The van der Waals surface area contributed by atoms with E-state index >= 15 is 0 Å². The normalized spacial score (nSPS) is 21.4. The van der Waals surface area contributed by atoms with Crippen molar-refractivity contribution in [1.29, 1.82) is 0 Å². The van der Waals surface area contributed by atoms with Gasteiger partial charge in [0.15, 0.2) is 5.82 Å². The Kier molecular flexibility index (Phi) is 4.27. The topological polar surface area (TPSA) is 59.2 Å². The predicted molar refractivity (Wildman–Crippen MR) is 78.9 cm³/mol. The zero-order valence-electron chi connectivity index (χ0n) is 13.0. The molecule has 5 heteroatoms. The molecule has 3 rings (SSSR count). The molecule has 1 aliphatic carbocycles. The molecular weight excluding hydrogens is 266 g/mol. The van der Waals surface area contributed by atoms with Crippen molar-refractivity contribution in [3.05, 3.63) is 11.7 Å². The fourth-order valence-corrected chi connectivity index (χ4v) is 3.47. The smallest absolute Gasteiger partial charge is 0.229 e. The molecule has 0 N–H and O–H groups in total. The van der Waals surface area contributed by atoms with Gasteiger partial charge in [-0.05, 0) is 25.7 Å². The van der Waals surface area contributed by atoms with Gasteiger partial charge in [-0.15, -0.1) is 0 Å². The van der Waals surface area contributed by atoms with Crippen molar-refractivity contribution in [2.24, 2.45) is 5.92 Å². The summed E-state index contributed by atoms with van der Waals surface area (Å²) in [6.45, 7) is 5.53. The fourth-order valence-electron chi connectivity index (χ4n) is 3.47. The van der Waals surface area contributed by atoms with Crippen molar-refractivity contribution in [2.75, 3.05) is 13.1 Å². The van der Waals surface area contributed by atoms with E-state index in [9.17, 15) is 4.79 Å². The maximum absolute atomic E-state index is 12.0. The molecule has 0 unspecified atom stereocenters. The van der Waals surface area contributed by atoms with E-state index in [0.717, 1.165) is 37.6 Å². The molecule has 21 heavy (non-hydrogen) atoms. The molecule has 1 aliphatic heterocycles. The maximum Gasteiger partial charge on any atom is 0.229 e. The molecule has 0 atom stereocenters. The Labute approximate surface area is 126 Å². The van der Waals surface area contributed by atoms with E-state index < -0.39 is 0 Å². The third kappa shape index (κ3) is 3.11. The van der Waals surface area contributed by atoms with Crippen LogP contribution in [0.1, 0.15) is 75.9 Å².